The van der Waals surface area contributed by atoms with Crippen molar-refractivity contribution in [3.05, 3.63) is 36.4 Å². The summed E-state index contributed by atoms with van der Waals surface area (Å²) in [6.07, 6.45) is 0.723. The molecule has 0 amide bonds. The van der Waals surface area contributed by atoms with Gasteiger partial charge in [0.15, 0.2) is 5.82 Å². The van der Waals surface area contributed by atoms with Crippen molar-refractivity contribution in [2.24, 2.45) is 0 Å². The number of rotatable bonds is 2. The van der Waals surface area contributed by atoms with E-state index in [1.54, 1.807) is 11.3 Å². The molecule has 0 saturated carbocycles. The van der Waals surface area contributed by atoms with Crippen molar-refractivity contribution in [2.45, 2.75) is 13.3 Å². The first-order valence-corrected chi connectivity index (χ1v) is 7.12. The summed E-state index contributed by atoms with van der Waals surface area (Å²) < 4.78 is 1.47. The Bertz CT molecular complexity index is 576. The van der Waals surface area contributed by atoms with Crippen LogP contribution in [0.25, 0.3) is 10.7 Å². The van der Waals surface area contributed by atoms with Gasteiger partial charge in [0.05, 0.1) is 10.6 Å². The standard InChI is InChI=1S/C10H8Br2N2OS/c1-2-6-7(12)10(15)14-9(13-6)8-5(11)3-4-16-8/h3-4H,2H2,1H3,(H,13,14,15). The van der Waals surface area contributed by atoms with Crippen molar-refractivity contribution >= 4 is 43.2 Å². The highest BCUT2D eigenvalue weighted by Crippen LogP contribution is 2.31. The van der Waals surface area contributed by atoms with Gasteiger partial charge in [-0.15, -0.1) is 11.3 Å². The minimum Gasteiger partial charge on any atom is -0.305 e. The maximum atomic E-state index is 11.7. The largest absolute Gasteiger partial charge is 0.305 e. The van der Waals surface area contributed by atoms with E-state index in [1.807, 2.05) is 18.4 Å². The summed E-state index contributed by atoms with van der Waals surface area (Å²) in [6, 6.07) is 1.94. The molecular formula is C10H8Br2N2OS. The van der Waals surface area contributed by atoms with E-state index < -0.39 is 0 Å². The highest BCUT2D eigenvalue weighted by Gasteiger charge is 2.11. The Hall–Kier alpha value is -0.460. The minimum atomic E-state index is -0.137. The number of nitrogens with one attached hydrogen (secondary N) is 1. The van der Waals surface area contributed by atoms with Crippen LogP contribution in [0, 0.1) is 0 Å². The van der Waals surface area contributed by atoms with E-state index in [0.29, 0.717) is 10.3 Å². The third-order valence-electron chi connectivity index (χ3n) is 2.10. The summed E-state index contributed by atoms with van der Waals surface area (Å²) in [5, 5.41) is 1.95. The second kappa shape index (κ2) is 4.81. The Morgan fingerprint density at radius 2 is 2.25 bits per heavy atom. The van der Waals surface area contributed by atoms with Gasteiger partial charge in [0.1, 0.15) is 4.47 Å². The van der Waals surface area contributed by atoms with E-state index in [2.05, 4.69) is 41.8 Å². The molecule has 6 heteroatoms. The van der Waals surface area contributed by atoms with Crippen LogP contribution >= 0.6 is 43.2 Å². The molecule has 0 saturated heterocycles. The molecule has 2 heterocycles. The minimum absolute atomic E-state index is 0.137. The highest BCUT2D eigenvalue weighted by molar-refractivity contribution is 9.11. The average Bonchev–Trinajstić information content (AvgIpc) is 2.68. The van der Waals surface area contributed by atoms with Gasteiger partial charge < -0.3 is 4.98 Å². The van der Waals surface area contributed by atoms with Crippen LogP contribution in [0.3, 0.4) is 0 Å². The maximum absolute atomic E-state index is 11.7. The van der Waals surface area contributed by atoms with Crippen molar-refractivity contribution in [3.8, 4) is 10.7 Å². The number of hydrogen-bond donors (Lipinski definition) is 1. The molecule has 0 aliphatic rings. The normalized spacial score (nSPS) is 10.7. The van der Waals surface area contributed by atoms with E-state index in [1.165, 1.54) is 0 Å². The molecule has 2 aromatic rings. The number of aromatic amines is 1. The molecule has 0 aliphatic carbocycles. The lowest BCUT2D eigenvalue weighted by molar-refractivity contribution is 0.972. The second-order valence-electron chi connectivity index (χ2n) is 3.13. The SMILES string of the molecule is CCc1nc(-c2sccc2Br)[nH]c(=O)c1Br. The zero-order valence-corrected chi connectivity index (χ0v) is 12.4. The molecule has 2 rings (SSSR count). The van der Waals surface area contributed by atoms with Crippen LogP contribution in [0.2, 0.25) is 0 Å². The summed E-state index contributed by atoms with van der Waals surface area (Å²) in [4.78, 5) is 19.8. The smallest absolute Gasteiger partial charge is 0.265 e. The number of aromatic nitrogens is 2. The molecule has 0 aliphatic heterocycles. The number of halogens is 2. The fraction of sp³-hybridized carbons (Fsp3) is 0.200. The summed E-state index contributed by atoms with van der Waals surface area (Å²) in [5.41, 5.74) is 0.640. The van der Waals surface area contributed by atoms with Crippen LogP contribution in [-0.2, 0) is 6.42 Å². The first-order chi connectivity index (χ1) is 7.63. The van der Waals surface area contributed by atoms with Crippen LogP contribution in [0.15, 0.2) is 25.2 Å². The summed E-state index contributed by atoms with van der Waals surface area (Å²) in [5.74, 6) is 0.618. The van der Waals surface area contributed by atoms with Crippen LogP contribution in [0.4, 0.5) is 0 Å². The van der Waals surface area contributed by atoms with Crippen LogP contribution in [0.1, 0.15) is 12.6 Å². The molecule has 0 unspecified atom stereocenters. The molecule has 0 aromatic carbocycles. The molecule has 84 valence electrons. The molecule has 16 heavy (non-hydrogen) atoms. The summed E-state index contributed by atoms with van der Waals surface area (Å²) >= 11 is 8.21. The van der Waals surface area contributed by atoms with E-state index in [4.69, 9.17) is 0 Å². The molecule has 0 radical (unpaired) electrons. The predicted octanol–water partition coefficient (Wildman–Crippen LogP) is 3.59. The molecule has 3 nitrogen and oxygen atoms in total. The van der Waals surface area contributed by atoms with Crippen molar-refractivity contribution in [2.75, 3.05) is 0 Å². The number of H-pyrrole nitrogens is 1. The Morgan fingerprint density at radius 1 is 1.50 bits per heavy atom. The third kappa shape index (κ3) is 2.14. The average molecular weight is 364 g/mol. The Kier molecular flexibility index (Phi) is 3.61. The molecule has 0 atom stereocenters. The summed E-state index contributed by atoms with van der Waals surface area (Å²) in [7, 11) is 0. The maximum Gasteiger partial charge on any atom is 0.265 e. The van der Waals surface area contributed by atoms with Crippen LogP contribution in [0.5, 0.6) is 0 Å². The van der Waals surface area contributed by atoms with Crippen LogP contribution in [-0.4, -0.2) is 9.97 Å². The quantitative estimate of drug-likeness (QED) is 0.886. The zero-order chi connectivity index (χ0) is 11.7. The summed E-state index contributed by atoms with van der Waals surface area (Å²) in [6.45, 7) is 1.97. The van der Waals surface area contributed by atoms with Gasteiger partial charge in [0, 0.05) is 4.47 Å². The topological polar surface area (TPSA) is 45.8 Å². The van der Waals surface area contributed by atoms with Gasteiger partial charge in [-0.25, -0.2) is 4.98 Å². The monoisotopic (exact) mass is 362 g/mol. The fourth-order valence-corrected chi connectivity index (χ4v) is 3.28. The zero-order valence-electron chi connectivity index (χ0n) is 8.38. The van der Waals surface area contributed by atoms with Crippen molar-refractivity contribution in [3.63, 3.8) is 0 Å². The Labute approximate surface area is 113 Å². The molecule has 2 aromatic heterocycles. The van der Waals surface area contributed by atoms with E-state index in [-0.39, 0.29) is 5.56 Å². The first kappa shape index (κ1) is 12.0. The first-order valence-electron chi connectivity index (χ1n) is 4.65. The molecule has 1 N–H and O–H groups in total. The number of aryl methyl sites for hydroxylation is 1. The van der Waals surface area contributed by atoms with Crippen molar-refractivity contribution in [1.82, 2.24) is 9.97 Å². The van der Waals surface area contributed by atoms with Gasteiger partial charge in [-0.05, 0) is 49.7 Å². The van der Waals surface area contributed by atoms with E-state index in [0.717, 1.165) is 21.5 Å². The predicted molar refractivity (Wildman–Crippen MR) is 72.9 cm³/mol. The van der Waals surface area contributed by atoms with Gasteiger partial charge >= 0.3 is 0 Å². The Balaban J connectivity index is 2.64. The second-order valence-corrected chi connectivity index (χ2v) is 5.69. The lowest BCUT2D eigenvalue weighted by atomic mass is 10.3. The van der Waals surface area contributed by atoms with Gasteiger partial charge in [-0.2, -0.15) is 0 Å². The van der Waals surface area contributed by atoms with Gasteiger partial charge in [-0.1, -0.05) is 6.92 Å². The number of hydrogen-bond acceptors (Lipinski definition) is 3. The van der Waals surface area contributed by atoms with Gasteiger partial charge in [-0.3, -0.25) is 4.79 Å². The lowest BCUT2D eigenvalue weighted by Gasteiger charge is -2.03. The lowest BCUT2D eigenvalue weighted by Crippen LogP contribution is -2.12. The van der Waals surface area contributed by atoms with Crippen molar-refractivity contribution in [1.29, 1.82) is 0 Å². The van der Waals surface area contributed by atoms with Gasteiger partial charge in [0.25, 0.3) is 5.56 Å². The highest BCUT2D eigenvalue weighted by atomic mass is 79.9. The van der Waals surface area contributed by atoms with Crippen LogP contribution < -0.4 is 5.56 Å². The third-order valence-corrected chi connectivity index (χ3v) is 4.76. The number of nitrogens with zero attached hydrogens (tertiary/aromatic N) is 1. The fourth-order valence-electron chi connectivity index (χ4n) is 1.31. The number of thiophene rings is 1. The molecule has 0 bridgehead atoms. The van der Waals surface area contributed by atoms with E-state index >= 15 is 0 Å². The molecule has 0 fully saturated rings. The molecule has 0 spiro atoms. The van der Waals surface area contributed by atoms with Gasteiger partial charge in [0.2, 0.25) is 0 Å². The van der Waals surface area contributed by atoms with Crippen molar-refractivity contribution < 1.29 is 0 Å². The van der Waals surface area contributed by atoms with E-state index in [9.17, 15) is 4.79 Å². The Morgan fingerprint density at radius 3 is 2.81 bits per heavy atom. The molecular weight excluding hydrogens is 356 g/mol.